The fourth-order valence-corrected chi connectivity index (χ4v) is 3.95. The maximum absolute atomic E-state index is 12.0. The highest BCUT2D eigenvalue weighted by Gasteiger charge is 2.10. The third-order valence-corrected chi connectivity index (χ3v) is 5.75. The van der Waals surface area contributed by atoms with E-state index in [0.717, 1.165) is 5.69 Å². The second-order valence-corrected chi connectivity index (χ2v) is 8.59. The second-order valence-electron chi connectivity index (χ2n) is 5.06. The Morgan fingerprint density at radius 1 is 1.31 bits per heavy atom. The number of primary sulfonamides is 1. The normalized spacial score (nSPS) is 11.1. The number of rotatable bonds is 8. The van der Waals surface area contributed by atoms with E-state index in [0.29, 0.717) is 28.7 Å². The molecule has 1 aromatic carbocycles. The Bertz CT molecular complexity index is 880. The van der Waals surface area contributed by atoms with E-state index in [9.17, 15) is 13.2 Å². The molecule has 0 aliphatic heterocycles. The molecule has 1 heterocycles. The lowest BCUT2D eigenvalue weighted by Gasteiger charge is -2.05. The molecule has 2 rings (SSSR count). The Kier molecular flexibility index (Phi) is 6.97. The number of nitrogens with zero attached hydrogens (tertiary/aromatic N) is 1. The number of nitrogens with one attached hydrogen (secondary N) is 3. The van der Waals surface area contributed by atoms with E-state index in [2.05, 4.69) is 15.6 Å². The minimum atomic E-state index is -3.76. The summed E-state index contributed by atoms with van der Waals surface area (Å²) in [7, 11) is -3.76. The van der Waals surface area contributed by atoms with E-state index < -0.39 is 10.0 Å². The lowest BCUT2D eigenvalue weighted by atomic mass is 10.2. The van der Waals surface area contributed by atoms with Crippen molar-refractivity contribution in [3.8, 4) is 0 Å². The van der Waals surface area contributed by atoms with Gasteiger partial charge >= 0.3 is 0 Å². The van der Waals surface area contributed by atoms with Gasteiger partial charge in [0.1, 0.15) is 0 Å². The van der Waals surface area contributed by atoms with Crippen LogP contribution < -0.4 is 21.5 Å². The van der Waals surface area contributed by atoms with Crippen LogP contribution in [0.3, 0.4) is 0 Å². The van der Waals surface area contributed by atoms with Crippen LogP contribution in [0.15, 0.2) is 34.5 Å². The SMILES string of the molecule is N=C(N)Nc1nc(CSCCNC(=O)c2ccc(S(N)(=O)=O)cc2)cs1. The molecule has 0 saturated heterocycles. The molecule has 1 amide bonds. The summed E-state index contributed by atoms with van der Waals surface area (Å²) in [6.45, 7) is 0.461. The van der Waals surface area contributed by atoms with Crippen LogP contribution in [0.4, 0.5) is 5.13 Å². The molecule has 0 aliphatic carbocycles. The number of carbonyl (C=O) groups excluding carboxylic acids is 1. The molecule has 12 heteroatoms. The molecule has 7 N–H and O–H groups in total. The van der Waals surface area contributed by atoms with Crippen molar-refractivity contribution < 1.29 is 13.2 Å². The molecule has 0 saturated carbocycles. The highest BCUT2D eigenvalue weighted by Crippen LogP contribution is 2.19. The second kappa shape index (κ2) is 8.98. The van der Waals surface area contributed by atoms with Gasteiger partial charge in [0, 0.05) is 29.0 Å². The van der Waals surface area contributed by atoms with Crippen LogP contribution in [-0.2, 0) is 15.8 Å². The number of anilines is 1. The number of guanidine groups is 1. The number of aromatic nitrogens is 1. The Morgan fingerprint density at radius 3 is 2.62 bits per heavy atom. The van der Waals surface area contributed by atoms with E-state index >= 15 is 0 Å². The highest BCUT2D eigenvalue weighted by atomic mass is 32.2. The Morgan fingerprint density at radius 2 is 2.00 bits per heavy atom. The third kappa shape index (κ3) is 6.29. The Labute approximate surface area is 159 Å². The first-order valence-electron chi connectivity index (χ1n) is 7.30. The maximum atomic E-state index is 12.0. The summed E-state index contributed by atoms with van der Waals surface area (Å²) in [5, 5.41) is 20.0. The number of thioether (sulfide) groups is 1. The lowest BCUT2D eigenvalue weighted by molar-refractivity contribution is 0.0956. The predicted molar refractivity (Wildman–Crippen MR) is 104 cm³/mol. The zero-order valence-electron chi connectivity index (χ0n) is 13.6. The summed E-state index contributed by atoms with van der Waals surface area (Å²) in [4.78, 5) is 16.2. The van der Waals surface area contributed by atoms with E-state index in [1.807, 2.05) is 5.38 Å². The van der Waals surface area contributed by atoms with E-state index in [1.54, 1.807) is 11.8 Å². The van der Waals surface area contributed by atoms with Gasteiger partial charge in [-0.2, -0.15) is 11.8 Å². The summed E-state index contributed by atoms with van der Waals surface area (Å²) < 4.78 is 22.4. The zero-order valence-corrected chi connectivity index (χ0v) is 16.0. The van der Waals surface area contributed by atoms with Gasteiger partial charge in [0.05, 0.1) is 10.6 Å². The zero-order chi connectivity index (χ0) is 19.2. The van der Waals surface area contributed by atoms with Crippen molar-refractivity contribution in [3.63, 3.8) is 0 Å². The molecule has 140 valence electrons. The van der Waals surface area contributed by atoms with Gasteiger partial charge in [0.2, 0.25) is 10.0 Å². The molecular weight excluding hydrogens is 396 g/mol. The van der Waals surface area contributed by atoms with Crippen molar-refractivity contribution in [1.29, 1.82) is 5.41 Å². The van der Waals surface area contributed by atoms with Crippen LogP contribution in [0.1, 0.15) is 16.1 Å². The van der Waals surface area contributed by atoms with Crippen molar-refractivity contribution in [2.75, 3.05) is 17.6 Å². The average molecular weight is 415 g/mol. The summed E-state index contributed by atoms with van der Waals surface area (Å²) >= 11 is 2.97. The number of hydrogen-bond acceptors (Lipinski definition) is 7. The van der Waals surface area contributed by atoms with Gasteiger partial charge in [-0.15, -0.1) is 11.3 Å². The smallest absolute Gasteiger partial charge is 0.251 e. The summed E-state index contributed by atoms with van der Waals surface area (Å²) in [5.74, 6) is 0.926. The van der Waals surface area contributed by atoms with Gasteiger partial charge in [0.25, 0.3) is 5.91 Å². The summed E-state index contributed by atoms with van der Waals surface area (Å²) in [6.07, 6.45) is 0. The van der Waals surface area contributed by atoms with Crippen LogP contribution in [-0.4, -0.2) is 37.6 Å². The predicted octanol–water partition coefficient (Wildman–Crippen LogP) is 0.759. The largest absolute Gasteiger partial charge is 0.370 e. The van der Waals surface area contributed by atoms with Gasteiger partial charge in [-0.1, -0.05) is 0 Å². The van der Waals surface area contributed by atoms with Crippen LogP contribution >= 0.6 is 23.1 Å². The highest BCUT2D eigenvalue weighted by molar-refractivity contribution is 7.98. The molecule has 0 bridgehead atoms. The number of nitrogens with two attached hydrogens (primary N) is 2. The van der Waals surface area contributed by atoms with E-state index in [4.69, 9.17) is 16.3 Å². The number of thiazole rings is 1. The van der Waals surface area contributed by atoms with Gasteiger partial charge < -0.3 is 16.4 Å². The van der Waals surface area contributed by atoms with Crippen LogP contribution in [0.5, 0.6) is 0 Å². The summed E-state index contributed by atoms with van der Waals surface area (Å²) in [6, 6.07) is 5.43. The first kappa shape index (κ1) is 20.2. The molecule has 1 aromatic heterocycles. The monoisotopic (exact) mass is 414 g/mol. The number of carbonyl (C=O) groups is 1. The van der Waals surface area contributed by atoms with Crippen LogP contribution in [0.2, 0.25) is 0 Å². The Hall–Kier alpha value is -2.15. The van der Waals surface area contributed by atoms with E-state index in [-0.39, 0.29) is 16.8 Å². The van der Waals surface area contributed by atoms with Crippen molar-refractivity contribution in [2.24, 2.45) is 10.9 Å². The van der Waals surface area contributed by atoms with Gasteiger partial charge in [-0.25, -0.2) is 18.5 Å². The number of amides is 1. The van der Waals surface area contributed by atoms with Crippen molar-refractivity contribution in [2.45, 2.75) is 10.6 Å². The fourth-order valence-electron chi connectivity index (χ4n) is 1.86. The van der Waals surface area contributed by atoms with Crippen molar-refractivity contribution >= 4 is 50.1 Å². The third-order valence-electron chi connectivity index (χ3n) is 3.02. The van der Waals surface area contributed by atoms with E-state index in [1.165, 1.54) is 35.6 Å². The maximum Gasteiger partial charge on any atom is 0.251 e. The Balaban J connectivity index is 1.71. The molecule has 9 nitrogen and oxygen atoms in total. The van der Waals surface area contributed by atoms with Gasteiger partial charge in [-0.05, 0) is 24.3 Å². The molecule has 0 atom stereocenters. The minimum Gasteiger partial charge on any atom is -0.370 e. The lowest BCUT2D eigenvalue weighted by Crippen LogP contribution is -2.25. The minimum absolute atomic E-state index is 0.0356. The molecular formula is C14H18N6O3S3. The quantitative estimate of drug-likeness (QED) is 0.242. The topological polar surface area (TPSA) is 164 Å². The molecule has 0 spiro atoms. The molecule has 2 aromatic rings. The van der Waals surface area contributed by atoms with Crippen LogP contribution in [0.25, 0.3) is 0 Å². The van der Waals surface area contributed by atoms with Crippen molar-refractivity contribution in [3.05, 3.63) is 40.9 Å². The molecule has 26 heavy (non-hydrogen) atoms. The first-order valence-corrected chi connectivity index (χ1v) is 10.9. The van der Waals surface area contributed by atoms with Crippen LogP contribution in [0, 0.1) is 5.41 Å². The van der Waals surface area contributed by atoms with Gasteiger partial charge in [-0.3, -0.25) is 10.2 Å². The molecule has 0 unspecified atom stereocenters. The summed E-state index contributed by atoms with van der Waals surface area (Å²) in [5.41, 5.74) is 6.47. The van der Waals surface area contributed by atoms with Crippen molar-refractivity contribution in [1.82, 2.24) is 10.3 Å². The first-order chi connectivity index (χ1) is 12.3. The number of sulfonamides is 1. The average Bonchev–Trinajstić information content (AvgIpc) is 3.00. The molecule has 0 aliphatic rings. The fraction of sp³-hybridized carbons (Fsp3) is 0.214. The molecule has 0 fully saturated rings. The number of hydrogen-bond donors (Lipinski definition) is 5. The van der Waals surface area contributed by atoms with Gasteiger partial charge in [0.15, 0.2) is 11.1 Å². The standard InChI is InChI=1S/C14H18N6O3S3/c15-13(16)20-14-19-10(8-25-14)7-24-6-5-18-12(21)9-1-3-11(4-2-9)26(17,22)23/h1-4,8H,5-7H2,(H,18,21)(H2,17,22,23)(H4,15,16,19,20). The molecule has 0 radical (unpaired) electrons. The number of benzene rings is 1.